The SMILES string of the molecule is CC(C)[C@@H](CO)NC(=O)c1ccnnc1. The number of rotatable bonds is 4. The molecule has 1 atom stereocenters. The summed E-state index contributed by atoms with van der Waals surface area (Å²) in [5.41, 5.74) is 0.448. The maximum Gasteiger partial charge on any atom is 0.253 e. The molecule has 0 aliphatic heterocycles. The molecular formula is C10H15N3O2. The summed E-state index contributed by atoms with van der Waals surface area (Å²) >= 11 is 0. The number of amides is 1. The Kier molecular flexibility index (Phi) is 4.17. The first-order valence-electron chi connectivity index (χ1n) is 4.83. The van der Waals surface area contributed by atoms with Crippen molar-refractivity contribution in [2.24, 2.45) is 5.92 Å². The van der Waals surface area contributed by atoms with E-state index >= 15 is 0 Å². The molecule has 0 saturated heterocycles. The number of nitrogens with zero attached hydrogens (tertiary/aromatic N) is 2. The van der Waals surface area contributed by atoms with Gasteiger partial charge >= 0.3 is 0 Å². The van der Waals surface area contributed by atoms with Crippen molar-refractivity contribution in [3.63, 3.8) is 0 Å². The molecule has 0 aromatic carbocycles. The van der Waals surface area contributed by atoms with Crippen LogP contribution in [0.2, 0.25) is 0 Å². The minimum absolute atomic E-state index is 0.0675. The summed E-state index contributed by atoms with van der Waals surface area (Å²) in [6, 6.07) is 1.35. The van der Waals surface area contributed by atoms with Gasteiger partial charge in [-0.2, -0.15) is 10.2 Å². The van der Waals surface area contributed by atoms with Crippen LogP contribution in [0.15, 0.2) is 18.5 Å². The molecule has 0 fully saturated rings. The van der Waals surface area contributed by atoms with Crippen molar-refractivity contribution >= 4 is 5.91 Å². The summed E-state index contributed by atoms with van der Waals surface area (Å²) in [5.74, 6) is -0.0496. The number of aromatic nitrogens is 2. The van der Waals surface area contributed by atoms with Gasteiger partial charge in [-0.05, 0) is 12.0 Å². The Balaban J connectivity index is 2.63. The van der Waals surface area contributed by atoms with Crippen LogP contribution >= 0.6 is 0 Å². The van der Waals surface area contributed by atoms with Crippen molar-refractivity contribution in [3.05, 3.63) is 24.0 Å². The van der Waals surface area contributed by atoms with Gasteiger partial charge in [0.1, 0.15) is 0 Å². The maximum atomic E-state index is 11.6. The number of aliphatic hydroxyl groups is 1. The average Bonchev–Trinajstić information content (AvgIpc) is 2.26. The molecule has 82 valence electrons. The van der Waals surface area contributed by atoms with Crippen molar-refractivity contribution in [1.29, 1.82) is 0 Å². The number of hydrogen-bond donors (Lipinski definition) is 2. The molecule has 15 heavy (non-hydrogen) atoms. The van der Waals surface area contributed by atoms with Crippen LogP contribution in [-0.2, 0) is 0 Å². The van der Waals surface area contributed by atoms with Crippen molar-refractivity contribution in [3.8, 4) is 0 Å². The van der Waals surface area contributed by atoms with Crippen molar-refractivity contribution in [2.45, 2.75) is 19.9 Å². The lowest BCUT2D eigenvalue weighted by molar-refractivity contribution is 0.0896. The first-order valence-corrected chi connectivity index (χ1v) is 4.83. The van der Waals surface area contributed by atoms with E-state index in [0.29, 0.717) is 5.56 Å². The lowest BCUT2D eigenvalue weighted by Crippen LogP contribution is -2.41. The van der Waals surface area contributed by atoms with Crippen LogP contribution in [-0.4, -0.2) is 33.9 Å². The Labute approximate surface area is 88.5 Å². The fourth-order valence-electron chi connectivity index (χ4n) is 1.10. The molecular weight excluding hydrogens is 194 g/mol. The van der Waals surface area contributed by atoms with Gasteiger partial charge < -0.3 is 10.4 Å². The molecule has 0 bridgehead atoms. The summed E-state index contributed by atoms with van der Waals surface area (Å²) in [4.78, 5) is 11.6. The van der Waals surface area contributed by atoms with Gasteiger partial charge in [0.15, 0.2) is 0 Å². The molecule has 5 nitrogen and oxygen atoms in total. The van der Waals surface area contributed by atoms with Crippen molar-refractivity contribution in [1.82, 2.24) is 15.5 Å². The monoisotopic (exact) mass is 209 g/mol. The Morgan fingerprint density at radius 2 is 2.27 bits per heavy atom. The zero-order chi connectivity index (χ0) is 11.3. The van der Waals surface area contributed by atoms with Gasteiger partial charge in [0.25, 0.3) is 5.91 Å². The highest BCUT2D eigenvalue weighted by Crippen LogP contribution is 2.02. The molecule has 1 rings (SSSR count). The molecule has 0 spiro atoms. The summed E-state index contributed by atoms with van der Waals surface area (Å²) < 4.78 is 0. The van der Waals surface area contributed by atoms with Gasteiger partial charge in [0, 0.05) is 0 Å². The molecule has 2 N–H and O–H groups in total. The van der Waals surface area contributed by atoms with E-state index < -0.39 is 0 Å². The minimum atomic E-state index is -0.238. The molecule has 1 heterocycles. The van der Waals surface area contributed by atoms with E-state index in [9.17, 15) is 4.79 Å². The van der Waals surface area contributed by atoms with E-state index in [1.807, 2.05) is 13.8 Å². The number of carbonyl (C=O) groups is 1. The minimum Gasteiger partial charge on any atom is -0.394 e. The molecule has 5 heteroatoms. The van der Waals surface area contributed by atoms with Gasteiger partial charge in [-0.15, -0.1) is 0 Å². The summed E-state index contributed by atoms with van der Waals surface area (Å²) in [6.45, 7) is 3.81. The topological polar surface area (TPSA) is 75.1 Å². The molecule has 1 aromatic rings. The van der Waals surface area contributed by atoms with Gasteiger partial charge in [-0.1, -0.05) is 13.8 Å². The fraction of sp³-hybridized carbons (Fsp3) is 0.500. The largest absolute Gasteiger partial charge is 0.394 e. The van der Waals surface area contributed by atoms with E-state index in [4.69, 9.17) is 5.11 Å². The second-order valence-corrected chi connectivity index (χ2v) is 3.64. The normalized spacial score (nSPS) is 12.5. The van der Waals surface area contributed by atoms with E-state index in [2.05, 4.69) is 15.5 Å². The quantitative estimate of drug-likeness (QED) is 0.744. The van der Waals surface area contributed by atoms with Crippen LogP contribution in [0.3, 0.4) is 0 Å². The lowest BCUT2D eigenvalue weighted by atomic mass is 10.1. The Hall–Kier alpha value is -1.49. The standard InChI is InChI=1S/C10H15N3O2/c1-7(2)9(6-14)13-10(15)8-3-4-11-12-5-8/h3-5,7,9,14H,6H2,1-2H3,(H,13,15)/t9-/m1/s1. The van der Waals surface area contributed by atoms with Gasteiger partial charge in [0.2, 0.25) is 0 Å². The third-order valence-electron chi connectivity index (χ3n) is 2.16. The van der Waals surface area contributed by atoms with E-state index in [0.717, 1.165) is 0 Å². The van der Waals surface area contributed by atoms with Crippen molar-refractivity contribution < 1.29 is 9.90 Å². The second kappa shape index (κ2) is 5.41. The number of hydrogen-bond acceptors (Lipinski definition) is 4. The second-order valence-electron chi connectivity index (χ2n) is 3.64. The molecule has 0 radical (unpaired) electrons. The molecule has 0 saturated carbocycles. The highest BCUT2D eigenvalue weighted by Gasteiger charge is 2.15. The van der Waals surface area contributed by atoms with Gasteiger partial charge in [0.05, 0.1) is 30.6 Å². The number of aliphatic hydroxyl groups excluding tert-OH is 1. The van der Waals surface area contributed by atoms with E-state index in [1.165, 1.54) is 12.4 Å². The Morgan fingerprint density at radius 1 is 1.53 bits per heavy atom. The van der Waals surface area contributed by atoms with Crippen molar-refractivity contribution in [2.75, 3.05) is 6.61 Å². The lowest BCUT2D eigenvalue weighted by Gasteiger charge is -2.19. The predicted molar refractivity (Wildman–Crippen MR) is 55.2 cm³/mol. The molecule has 1 amide bonds. The summed E-state index contributed by atoms with van der Waals surface area (Å²) in [5, 5.41) is 19.0. The van der Waals surface area contributed by atoms with E-state index in [-0.39, 0.29) is 24.5 Å². The van der Waals surface area contributed by atoms with Gasteiger partial charge in [-0.3, -0.25) is 4.79 Å². The highest BCUT2D eigenvalue weighted by atomic mass is 16.3. The Morgan fingerprint density at radius 3 is 2.73 bits per heavy atom. The average molecular weight is 209 g/mol. The highest BCUT2D eigenvalue weighted by molar-refractivity contribution is 5.93. The molecule has 1 aromatic heterocycles. The molecule has 0 aliphatic rings. The number of nitrogens with one attached hydrogen (secondary N) is 1. The third-order valence-corrected chi connectivity index (χ3v) is 2.16. The molecule has 0 aliphatic carbocycles. The Bertz CT molecular complexity index is 314. The third kappa shape index (κ3) is 3.28. The van der Waals surface area contributed by atoms with E-state index in [1.54, 1.807) is 6.07 Å². The summed E-state index contributed by atoms with van der Waals surface area (Å²) in [6.07, 6.45) is 2.85. The van der Waals surface area contributed by atoms with Crippen LogP contribution in [0.4, 0.5) is 0 Å². The zero-order valence-electron chi connectivity index (χ0n) is 8.84. The summed E-state index contributed by atoms with van der Waals surface area (Å²) in [7, 11) is 0. The van der Waals surface area contributed by atoms with Crippen LogP contribution in [0.1, 0.15) is 24.2 Å². The van der Waals surface area contributed by atoms with Crippen LogP contribution in [0.5, 0.6) is 0 Å². The van der Waals surface area contributed by atoms with Gasteiger partial charge in [-0.25, -0.2) is 0 Å². The van der Waals surface area contributed by atoms with Crippen LogP contribution in [0, 0.1) is 5.92 Å². The zero-order valence-corrected chi connectivity index (χ0v) is 8.84. The number of carbonyl (C=O) groups excluding carboxylic acids is 1. The maximum absolute atomic E-state index is 11.6. The first kappa shape index (κ1) is 11.6. The first-order chi connectivity index (χ1) is 7.15. The molecule has 0 unspecified atom stereocenters. The van der Waals surface area contributed by atoms with Crippen LogP contribution in [0.25, 0.3) is 0 Å². The smallest absolute Gasteiger partial charge is 0.253 e. The van der Waals surface area contributed by atoms with Crippen LogP contribution < -0.4 is 5.32 Å². The predicted octanol–water partition coefficient (Wildman–Crippen LogP) is 0.223. The fourth-order valence-corrected chi connectivity index (χ4v) is 1.10.